The molecule has 1 N–H and O–H groups in total. The van der Waals surface area contributed by atoms with Crippen molar-refractivity contribution < 1.29 is 0 Å². The van der Waals surface area contributed by atoms with Gasteiger partial charge in [0, 0.05) is 7.05 Å². The van der Waals surface area contributed by atoms with Crippen LogP contribution in [0.25, 0.3) is 20.9 Å². The Bertz CT molecular complexity index is 752. The van der Waals surface area contributed by atoms with Crippen molar-refractivity contribution in [1.82, 2.24) is 9.97 Å². The first-order valence-electron chi connectivity index (χ1n) is 5.76. The molecule has 0 bridgehead atoms. The lowest BCUT2D eigenvalue weighted by molar-refractivity contribution is 1.26. The lowest BCUT2D eigenvalue weighted by Crippen LogP contribution is -1.97. The summed E-state index contributed by atoms with van der Waals surface area (Å²) in [4.78, 5) is 9.00. The summed E-state index contributed by atoms with van der Waals surface area (Å²) in [7, 11) is 1.76. The molecule has 3 rings (SSSR count). The molecular formula is C14H10N4S. The van der Waals surface area contributed by atoms with E-state index >= 15 is 0 Å². The zero-order chi connectivity index (χ0) is 13.2. The molecule has 19 heavy (non-hydrogen) atoms. The summed E-state index contributed by atoms with van der Waals surface area (Å²) in [5.41, 5.74) is 2.29. The molecule has 92 valence electrons. The van der Waals surface area contributed by atoms with Crippen LogP contribution < -0.4 is 5.32 Å². The van der Waals surface area contributed by atoms with Gasteiger partial charge in [-0.15, -0.1) is 11.3 Å². The van der Waals surface area contributed by atoms with E-state index < -0.39 is 0 Å². The molecule has 0 unspecified atom stereocenters. The van der Waals surface area contributed by atoms with Crippen LogP contribution in [0.4, 0.5) is 5.82 Å². The first-order chi connectivity index (χ1) is 9.31. The van der Waals surface area contributed by atoms with Crippen molar-refractivity contribution in [3.05, 3.63) is 42.0 Å². The van der Waals surface area contributed by atoms with Gasteiger partial charge in [0.25, 0.3) is 0 Å². The van der Waals surface area contributed by atoms with Crippen molar-refractivity contribution in [2.24, 2.45) is 0 Å². The highest BCUT2D eigenvalue weighted by Gasteiger charge is 2.10. The molecule has 0 aliphatic carbocycles. The summed E-state index contributed by atoms with van der Waals surface area (Å²) in [5.74, 6) is 0.583. The highest BCUT2D eigenvalue weighted by Crippen LogP contribution is 2.29. The van der Waals surface area contributed by atoms with Crippen molar-refractivity contribution in [2.45, 2.75) is 0 Å². The normalized spacial score (nSPS) is 10.3. The summed E-state index contributed by atoms with van der Waals surface area (Å²) in [5, 5.41) is 12.8. The maximum absolute atomic E-state index is 8.98. The second-order valence-electron chi connectivity index (χ2n) is 3.94. The van der Waals surface area contributed by atoms with Gasteiger partial charge in [-0.05, 0) is 24.3 Å². The number of rotatable bonds is 2. The lowest BCUT2D eigenvalue weighted by Gasteiger charge is -2.03. The molecule has 0 aliphatic heterocycles. The maximum atomic E-state index is 8.98. The molecule has 0 aliphatic rings. The van der Waals surface area contributed by atoms with Gasteiger partial charge in [-0.3, -0.25) is 0 Å². The molecular weight excluding hydrogens is 256 g/mol. The molecule has 4 nitrogen and oxygen atoms in total. The topological polar surface area (TPSA) is 61.6 Å². The number of nitriles is 1. The Morgan fingerprint density at radius 2 is 2.00 bits per heavy atom. The van der Waals surface area contributed by atoms with E-state index in [1.807, 2.05) is 30.3 Å². The number of benzene rings is 1. The third-order valence-corrected chi connectivity index (χ3v) is 3.82. The largest absolute Gasteiger partial charge is 0.372 e. The van der Waals surface area contributed by atoms with Gasteiger partial charge < -0.3 is 5.32 Å². The fourth-order valence-corrected chi connectivity index (χ4v) is 2.78. The Morgan fingerprint density at radius 3 is 2.74 bits per heavy atom. The summed E-state index contributed by atoms with van der Waals surface area (Å²) in [6, 6.07) is 13.7. The summed E-state index contributed by atoms with van der Waals surface area (Å²) >= 11 is 1.60. The average molecular weight is 266 g/mol. The number of pyridine rings is 1. The number of nitrogens with one attached hydrogen (secondary N) is 1. The van der Waals surface area contributed by atoms with Crippen molar-refractivity contribution in [1.29, 1.82) is 5.26 Å². The SMILES string of the molecule is CNc1nc(-c2nc3ccccc3s2)ccc1C#N. The number of anilines is 1. The first-order valence-corrected chi connectivity index (χ1v) is 6.58. The van der Waals surface area contributed by atoms with Gasteiger partial charge in [0.2, 0.25) is 0 Å². The van der Waals surface area contributed by atoms with Crippen LogP contribution in [-0.2, 0) is 0 Å². The number of fused-ring (bicyclic) bond motifs is 1. The van der Waals surface area contributed by atoms with Crippen LogP contribution in [0, 0.1) is 11.3 Å². The van der Waals surface area contributed by atoms with Gasteiger partial charge in [-0.2, -0.15) is 5.26 Å². The second-order valence-corrected chi connectivity index (χ2v) is 4.97. The summed E-state index contributed by atoms with van der Waals surface area (Å²) < 4.78 is 1.13. The molecule has 5 heteroatoms. The Kier molecular flexibility index (Phi) is 2.86. The molecule has 0 saturated heterocycles. The van der Waals surface area contributed by atoms with Crippen LogP contribution in [0.3, 0.4) is 0 Å². The smallest absolute Gasteiger partial charge is 0.144 e. The molecule has 0 spiro atoms. The Morgan fingerprint density at radius 1 is 1.16 bits per heavy atom. The van der Waals surface area contributed by atoms with Crippen molar-refractivity contribution in [3.63, 3.8) is 0 Å². The highest BCUT2D eigenvalue weighted by molar-refractivity contribution is 7.21. The number of hydrogen-bond acceptors (Lipinski definition) is 5. The van der Waals surface area contributed by atoms with Gasteiger partial charge in [-0.1, -0.05) is 12.1 Å². The molecule has 0 fully saturated rings. The van der Waals surface area contributed by atoms with Gasteiger partial charge in [0.15, 0.2) is 0 Å². The minimum Gasteiger partial charge on any atom is -0.372 e. The number of aromatic nitrogens is 2. The van der Waals surface area contributed by atoms with Crippen molar-refractivity contribution in [2.75, 3.05) is 12.4 Å². The number of para-hydroxylation sites is 1. The van der Waals surface area contributed by atoms with Crippen LogP contribution in [0.5, 0.6) is 0 Å². The van der Waals surface area contributed by atoms with Gasteiger partial charge in [0.05, 0.1) is 15.8 Å². The average Bonchev–Trinajstić information content (AvgIpc) is 2.90. The van der Waals surface area contributed by atoms with E-state index in [0.717, 1.165) is 20.9 Å². The predicted molar refractivity (Wildman–Crippen MR) is 77.1 cm³/mol. The number of nitrogens with zero attached hydrogens (tertiary/aromatic N) is 3. The minimum absolute atomic E-state index is 0.535. The summed E-state index contributed by atoms with van der Waals surface area (Å²) in [6.45, 7) is 0. The zero-order valence-corrected chi connectivity index (χ0v) is 11.0. The second kappa shape index (κ2) is 4.67. The van der Waals surface area contributed by atoms with Crippen LogP contribution in [-0.4, -0.2) is 17.0 Å². The van der Waals surface area contributed by atoms with Gasteiger partial charge in [0.1, 0.15) is 22.6 Å². The van der Waals surface area contributed by atoms with E-state index in [2.05, 4.69) is 21.4 Å². The van der Waals surface area contributed by atoms with Crippen LogP contribution >= 0.6 is 11.3 Å². The fraction of sp³-hybridized carbons (Fsp3) is 0.0714. The van der Waals surface area contributed by atoms with Crippen LogP contribution in [0.1, 0.15) is 5.56 Å². The third kappa shape index (κ3) is 2.02. The van der Waals surface area contributed by atoms with E-state index in [4.69, 9.17) is 5.26 Å². The molecule has 3 aromatic rings. The van der Waals surface area contributed by atoms with E-state index in [9.17, 15) is 0 Å². The van der Waals surface area contributed by atoms with Crippen LogP contribution in [0.2, 0.25) is 0 Å². The molecule has 0 atom stereocenters. The quantitative estimate of drug-likeness (QED) is 0.773. The molecule has 0 amide bonds. The van der Waals surface area contributed by atoms with E-state index in [0.29, 0.717) is 11.4 Å². The molecule has 0 saturated carbocycles. The van der Waals surface area contributed by atoms with Gasteiger partial charge >= 0.3 is 0 Å². The van der Waals surface area contributed by atoms with Gasteiger partial charge in [-0.25, -0.2) is 9.97 Å². The highest BCUT2D eigenvalue weighted by atomic mass is 32.1. The molecule has 0 radical (unpaired) electrons. The Balaban J connectivity index is 2.13. The monoisotopic (exact) mass is 266 g/mol. The first kappa shape index (κ1) is 11.6. The molecule has 2 heterocycles. The lowest BCUT2D eigenvalue weighted by atomic mass is 10.2. The van der Waals surface area contributed by atoms with E-state index in [1.54, 1.807) is 24.5 Å². The number of thiazole rings is 1. The minimum atomic E-state index is 0.535. The van der Waals surface area contributed by atoms with E-state index in [1.165, 1.54) is 0 Å². The predicted octanol–water partition coefficient (Wildman–Crippen LogP) is 3.27. The molecule has 1 aromatic carbocycles. The maximum Gasteiger partial charge on any atom is 0.144 e. The Labute approximate surface area is 114 Å². The van der Waals surface area contributed by atoms with Crippen molar-refractivity contribution in [3.8, 4) is 16.8 Å². The zero-order valence-electron chi connectivity index (χ0n) is 10.2. The van der Waals surface area contributed by atoms with E-state index in [-0.39, 0.29) is 0 Å². The van der Waals surface area contributed by atoms with Crippen LogP contribution in [0.15, 0.2) is 36.4 Å². The summed E-state index contributed by atoms with van der Waals surface area (Å²) in [6.07, 6.45) is 0. The molecule has 2 aromatic heterocycles. The van der Waals surface area contributed by atoms with Crippen molar-refractivity contribution >= 4 is 27.4 Å². The fourth-order valence-electron chi connectivity index (χ4n) is 1.84. The standard InChI is InChI=1S/C14H10N4S/c1-16-13-9(8-15)6-7-11(17-13)14-18-10-4-2-3-5-12(10)19-14/h2-7H,1H3,(H,16,17). The number of hydrogen-bond donors (Lipinski definition) is 1. The Hall–Kier alpha value is -2.45. The third-order valence-electron chi connectivity index (χ3n) is 2.77.